The fourth-order valence-electron chi connectivity index (χ4n) is 4.35. The molecule has 2 amide bonds. The Labute approximate surface area is 226 Å². The third kappa shape index (κ3) is 6.21. The number of aromatic nitrogens is 2. The lowest BCUT2D eigenvalue weighted by molar-refractivity contribution is -0.137. The van der Waals surface area contributed by atoms with E-state index in [4.69, 9.17) is 15.3 Å². The molecule has 1 fully saturated rings. The molecular weight excluding hydrogens is 529 g/mol. The zero-order valence-corrected chi connectivity index (χ0v) is 21.0. The molecule has 1 aromatic heterocycles. The zero-order chi connectivity index (χ0) is 28.3. The second-order valence-corrected chi connectivity index (χ2v) is 9.13. The minimum atomic E-state index is -4.50. The van der Waals surface area contributed by atoms with Crippen molar-refractivity contribution in [3.05, 3.63) is 71.4 Å². The number of alkyl halides is 3. The van der Waals surface area contributed by atoms with E-state index in [-0.39, 0.29) is 34.6 Å². The molecule has 10 nitrogen and oxygen atoms in total. The van der Waals surface area contributed by atoms with Gasteiger partial charge in [-0.2, -0.15) is 13.2 Å². The van der Waals surface area contributed by atoms with Crippen LogP contribution in [-0.4, -0.2) is 47.5 Å². The molecule has 3 heterocycles. The lowest BCUT2D eigenvalue weighted by atomic mass is 9.95. The van der Waals surface area contributed by atoms with E-state index in [2.05, 4.69) is 26.1 Å². The van der Waals surface area contributed by atoms with Gasteiger partial charge in [0.15, 0.2) is 17.7 Å². The Kier molecular flexibility index (Phi) is 7.67. The average molecular weight is 555 g/mol. The number of carbonyl (C=O) groups excluding carboxylic acids is 2. The lowest BCUT2D eigenvalue weighted by Crippen LogP contribution is -2.27. The van der Waals surface area contributed by atoms with Crippen LogP contribution in [0.15, 0.2) is 54.6 Å². The second kappa shape index (κ2) is 11.3. The predicted molar refractivity (Wildman–Crippen MR) is 139 cm³/mol. The van der Waals surface area contributed by atoms with E-state index in [1.54, 1.807) is 30.3 Å². The molecule has 1 saturated heterocycles. The number of ether oxygens (including phenoxy) is 1. The summed E-state index contributed by atoms with van der Waals surface area (Å²) in [6, 6.07) is 11.5. The number of benzene rings is 2. The van der Waals surface area contributed by atoms with Crippen molar-refractivity contribution in [1.29, 1.82) is 0 Å². The molecule has 2 aromatic carbocycles. The van der Waals surface area contributed by atoms with Crippen molar-refractivity contribution in [3.8, 4) is 22.9 Å². The highest BCUT2D eigenvalue weighted by Crippen LogP contribution is 2.39. The topological polar surface area (TPSA) is 140 Å². The number of nitrogens with one attached hydrogen (secondary N) is 3. The van der Waals surface area contributed by atoms with Crippen molar-refractivity contribution in [2.75, 3.05) is 25.1 Å². The molecular formula is C27H25F3N6O4. The van der Waals surface area contributed by atoms with Crippen molar-refractivity contribution >= 4 is 23.2 Å². The van der Waals surface area contributed by atoms with Gasteiger partial charge in [0.2, 0.25) is 0 Å². The molecule has 1 atom stereocenters. The minimum Gasteiger partial charge on any atom is -0.457 e. The lowest BCUT2D eigenvalue weighted by Gasteiger charge is -2.20. The SMILES string of the molecule is NC(=O)c1cc(NOC2CCNC2=O)nc(-c2ccc(Oc3ccc(C(F)(F)F)c(C4=CCNCC4)c3)cc2)n1. The number of rotatable bonds is 8. The molecule has 2 aliphatic heterocycles. The van der Waals surface area contributed by atoms with Gasteiger partial charge in [-0.25, -0.2) is 15.4 Å². The summed E-state index contributed by atoms with van der Waals surface area (Å²) in [6.07, 6.45) is -2.50. The standard InChI is InChI=1S/C27H25F3N6O4/c28-27(29,30)20-6-5-18(13-19(20)15-7-10-32-11-8-15)39-17-3-1-16(2-4-17)25-34-21(24(31)37)14-23(35-25)36-40-22-9-12-33-26(22)38/h1-7,13-14,22,32H,8-12H2,(H2,31,37)(H,33,38)(H,34,35,36). The number of halogens is 3. The van der Waals surface area contributed by atoms with Crippen molar-refractivity contribution in [2.45, 2.75) is 25.1 Å². The average Bonchev–Trinajstić information content (AvgIpc) is 3.36. The second-order valence-electron chi connectivity index (χ2n) is 9.13. The quantitative estimate of drug-likeness (QED) is 0.309. The predicted octanol–water partition coefficient (Wildman–Crippen LogP) is 3.66. The minimum absolute atomic E-state index is 0.0724. The van der Waals surface area contributed by atoms with Crippen molar-refractivity contribution in [1.82, 2.24) is 20.6 Å². The fraction of sp³-hybridized carbons (Fsp3) is 0.259. The number of anilines is 1. The van der Waals surface area contributed by atoms with Crippen molar-refractivity contribution in [3.63, 3.8) is 0 Å². The van der Waals surface area contributed by atoms with Crippen LogP contribution < -0.4 is 26.6 Å². The van der Waals surface area contributed by atoms with Crippen LogP contribution in [-0.2, 0) is 15.8 Å². The number of hydrogen-bond donors (Lipinski definition) is 4. The number of carbonyl (C=O) groups is 2. The number of nitrogens with zero attached hydrogens (tertiary/aromatic N) is 2. The Morgan fingerprint density at radius 2 is 1.82 bits per heavy atom. The summed E-state index contributed by atoms with van der Waals surface area (Å²) in [7, 11) is 0. The Hall–Kier alpha value is -4.49. The molecule has 0 spiro atoms. The fourth-order valence-corrected chi connectivity index (χ4v) is 4.35. The van der Waals surface area contributed by atoms with E-state index in [9.17, 15) is 22.8 Å². The van der Waals surface area contributed by atoms with E-state index in [0.29, 0.717) is 49.4 Å². The third-order valence-electron chi connectivity index (χ3n) is 6.34. The van der Waals surface area contributed by atoms with Gasteiger partial charge in [0.25, 0.3) is 11.8 Å². The molecule has 208 valence electrons. The van der Waals surface area contributed by atoms with E-state index >= 15 is 0 Å². The number of nitrogens with two attached hydrogens (primary N) is 1. The van der Waals surface area contributed by atoms with Crippen LogP contribution in [0.25, 0.3) is 17.0 Å². The van der Waals surface area contributed by atoms with Gasteiger partial charge in [-0.1, -0.05) is 6.08 Å². The first-order valence-corrected chi connectivity index (χ1v) is 12.5. The molecule has 0 saturated carbocycles. The molecule has 0 aliphatic carbocycles. The maximum atomic E-state index is 13.7. The maximum Gasteiger partial charge on any atom is 0.417 e. The summed E-state index contributed by atoms with van der Waals surface area (Å²) in [5, 5.41) is 5.75. The van der Waals surface area contributed by atoms with Crippen LogP contribution >= 0.6 is 0 Å². The largest absolute Gasteiger partial charge is 0.457 e. The Morgan fingerprint density at radius 3 is 2.48 bits per heavy atom. The first kappa shape index (κ1) is 27.1. The molecule has 3 aromatic rings. The number of amides is 2. The molecule has 2 aliphatic rings. The molecule has 0 radical (unpaired) electrons. The highest BCUT2D eigenvalue weighted by molar-refractivity contribution is 5.92. The Morgan fingerprint density at radius 1 is 1.05 bits per heavy atom. The normalized spacial score (nSPS) is 17.2. The van der Waals surface area contributed by atoms with E-state index in [1.165, 1.54) is 18.2 Å². The van der Waals surface area contributed by atoms with Gasteiger partial charge in [-0.15, -0.1) is 0 Å². The van der Waals surface area contributed by atoms with Crippen LogP contribution in [0.4, 0.5) is 19.0 Å². The van der Waals surface area contributed by atoms with Crippen LogP contribution in [0.3, 0.4) is 0 Å². The zero-order valence-electron chi connectivity index (χ0n) is 21.0. The molecule has 40 heavy (non-hydrogen) atoms. The molecule has 0 bridgehead atoms. The molecule has 13 heteroatoms. The van der Waals surface area contributed by atoms with Crippen LogP contribution in [0.1, 0.15) is 34.5 Å². The van der Waals surface area contributed by atoms with Gasteiger partial charge in [-0.3, -0.25) is 14.4 Å². The highest BCUT2D eigenvalue weighted by atomic mass is 19.4. The van der Waals surface area contributed by atoms with E-state index < -0.39 is 23.8 Å². The van der Waals surface area contributed by atoms with Gasteiger partial charge < -0.3 is 21.1 Å². The summed E-state index contributed by atoms with van der Waals surface area (Å²) in [5.74, 6) is -0.148. The summed E-state index contributed by atoms with van der Waals surface area (Å²) >= 11 is 0. The first-order valence-electron chi connectivity index (χ1n) is 12.5. The molecule has 5 rings (SSSR count). The van der Waals surface area contributed by atoms with Crippen LogP contribution in [0, 0.1) is 0 Å². The third-order valence-corrected chi connectivity index (χ3v) is 6.34. The smallest absolute Gasteiger partial charge is 0.417 e. The van der Waals surface area contributed by atoms with E-state index in [0.717, 1.165) is 6.07 Å². The summed E-state index contributed by atoms with van der Waals surface area (Å²) in [6.45, 7) is 1.58. The summed E-state index contributed by atoms with van der Waals surface area (Å²) in [4.78, 5) is 37.5. The summed E-state index contributed by atoms with van der Waals surface area (Å²) < 4.78 is 46.9. The summed E-state index contributed by atoms with van der Waals surface area (Å²) in [5.41, 5.74) is 8.43. The number of primary amides is 1. The number of hydrogen-bond acceptors (Lipinski definition) is 8. The maximum absolute atomic E-state index is 13.7. The first-order chi connectivity index (χ1) is 19.2. The van der Waals surface area contributed by atoms with Crippen molar-refractivity contribution in [2.24, 2.45) is 5.73 Å². The van der Waals surface area contributed by atoms with Crippen molar-refractivity contribution < 1.29 is 32.3 Å². The molecule has 5 N–H and O–H groups in total. The van der Waals surface area contributed by atoms with Gasteiger partial charge in [0.1, 0.15) is 17.2 Å². The van der Waals surface area contributed by atoms with Crippen LogP contribution in [0.5, 0.6) is 11.5 Å². The van der Waals surface area contributed by atoms with Gasteiger partial charge in [-0.05, 0) is 66.6 Å². The van der Waals surface area contributed by atoms with Gasteiger partial charge >= 0.3 is 6.18 Å². The Bertz CT molecular complexity index is 1460. The van der Waals surface area contributed by atoms with Gasteiger partial charge in [0, 0.05) is 31.1 Å². The van der Waals surface area contributed by atoms with Gasteiger partial charge in [0.05, 0.1) is 5.56 Å². The molecule has 1 unspecified atom stereocenters. The Balaban J connectivity index is 1.36. The van der Waals surface area contributed by atoms with E-state index in [1.807, 2.05) is 0 Å². The van der Waals surface area contributed by atoms with Crippen LogP contribution in [0.2, 0.25) is 0 Å². The monoisotopic (exact) mass is 554 g/mol. The highest BCUT2D eigenvalue weighted by Gasteiger charge is 2.34.